The van der Waals surface area contributed by atoms with Crippen molar-refractivity contribution in [2.45, 2.75) is 46.6 Å². The molecule has 0 aliphatic heterocycles. The average Bonchev–Trinajstić information content (AvgIpc) is 2.30. The second-order valence-corrected chi connectivity index (χ2v) is 4.68. The fourth-order valence-corrected chi connectivity index (χ4v) is 1.27. The molecule has 0 aromatic heterocycles. The number of carbonyl (C=O) groups excluding carboxylic acids is 1. The van der Waals surface area contributed by atoms with Crippen LogP contribution in [0.5, 0.6) is 0 Å². The van der Waals surface area contributed by atoms with E-state index >= 15 is 0 Å². The van der Waals surface area contributed by atoms with Gasteiger partial charge in [-0.3, -0.25) is 4.79 Å². The number of amides is 1. The summed E-state index contributed by atoms with van der Waals surface area (Å²) in [5.41, 5.74) is 0. The van der Waals surface area contributed by atoms with Crippen molar-refractivity contribution in [2.75, 3.05) is 26.3 Å². The van der Waals surface area contributed by atoms with Crippen molar-refractivity contribution in [3.8, 4) is 0 Å². The Balaban J connectivity index is 3.21. The summed E-state index contributed by atoms with van der Waals surface area (Å²) in [5, 5.41) is 6.19. The van der Waals surface area contributed by atoms with Crippen LogP contribution >= 0.6 is 0 Å². The monoisotopic (exact) mass is 244 g/mol. The molecular weight excluding hydrogens is 216 g/mol. The lowest BCUT2D eigenvalue weighted by atomic mass is 10.1. The highest BCUT2D eigenvalue weighted by molar-refractivity contribution is 5.78. The smallest absolute Gasteiger partial charge is 0.222 e. The number of hydrogen-bond acceptors (Lipinski definition) is 3. The van der Waals surface area contributed by atoms with E-state index in [0.717, 1.165) is 26.0 Å². The fourth-order valence-electron chi connectivity index (χ4n) is 1.27. The summed E-state index contributed by atoms with van der Waals surface area (Å²) in [6.45, 7) is 11.2. The van der Waals surface area contributed by atoms with Crippen LogP contribution in [0.3, 0.4) is 0 Å². The molecule has 1 unspecified atom stereocenters. The van der Waals surface area contributed by atoms with Crippen molar-refractivity contribution in [3.05, 3.63) is 0 Å². The minimum atomic E-state index is 0.102. The van der Waals surface area contributed by atoms with Gasteiger partial charge < -0.3 is 15.4 Å². The highest BCUT2D eigenvalue weighted by Gasteiger charge is 2.08. The molecule has 0 saturated carbocycles. The SMILES string of the molecule is CCC(C)C(=O)NCCOCCCNC(C)C. The lowest BCUT2D eigenvalue weighted by Gasteiger charge is -2.10. The lowest BCUT2D eigenvalue weighted by molar-refractivity contribution is -0.124. The Hall–Kier alpha value is -0.610. The molecule has 0 heterocycles. The standard InChI is InChI=1S/C13H28N2O2/c1-5-12(4)13(16)15-8-10-17-9-6-7-14-11(2)3/h11-12,14H,5-10H2,1-4H3,(H,15,16). The average molecular weight is 244 g/mol. The van der Waals surface area contributed by atoms with Gasteiger partial charge >= 0.3 is 0 Å². The van der Waals surface area contributed by atoms with E-state index < -0.39 is 0 Å². The van der Waals surface area contributed by atoms with Crippen molar-refractivity contribution >= 4 is 5.91 Å². The van der Waals surface area contributed by atoms with Crippen molar-refractivity contribution in [3.63, 3.8) is 0 Å². The Morgan fingerprint density at radius 3 is 2.47 bits per heavy atom. The number of ether oxygens (including phenoxy) is 1. The van der Waals surface area contributed by atoms with Crippen molar-refractivity contribution < 1.29 is 9.53 Å². The maximum Gasteiger partial charge on any atom is 0.222 e. The maximum atomic E-state index is 11.4. The van der Waals surface area contributed by atoms with Gasteiger partial charge in [0.15, 0.2) is 0 Å². The minimum absolute atomic E-state index is 0.102. The Kier molecular flexibility index (Phi) is 10.2. The van der Waals surface area contributed by atoms with Crippen LogP contribution in [0.2, 0.25) is 0 Å². The minimum Gasteiger partial charge on any atom is -0.380 e. The molecule has 4 heteroatoms. The van der Waals surface area contributed by atoms with Gasteiger partial charge in [0.05, 0.1) is 6.61 Å². The first-order chi connectivity index (χ1) is 8.07. The van der Waals surface area contributed by atoms with Crippen molar-refractivity contribution in [1.82, 2.24) is 10.6 Å². The van der Waals surface area contributed by atoms with Gasteiger partial charge in [-0.1, -0.05) is 27.7 Å². The van der Waals surface area contributed by atoms with Crippen LogP contribution < -0.4 is 10.6 Å². The van der Waals surface area contributed by atoms with Crippen molar-refractivity contribution in [1.29, 1.82) is 0 Å². The topological polar surface area (TPSA) is 50.4 Å². The molecule has 0 aromatic carbocycles. The van der Waals surface area contributed by atoms with Crippen LogP contribution in [0, 0.1) is 5.92 Å². The summed E-state index contributed by atoms with van der Waals surface area (Å²) in [4.78, 5) is 11.4. The number of rotatable bonds is 10. The molecule has 102 valence electrons. The molecule has 1 amide bonds. The molecule has 4 nitrogen and oxygen atoms in total. The number of carbonyl (C=O) groups is 1. The van der Waals surface area contributed by atoms with Crippen LogP contribution in [0.1, 0.15) is 40.5 Å². The van der Waals surface area contributed by atoms with Crippen LogP contribution in [-0.4, -0.2) is 38.3 Å². The molecule has 1 atom stereocenters. The normalized spacial score (nSPS) is 12.8. The predicted molar refractivity (Wildman–Crippen MR) is 71.0 cm³/mol. The van der Waals surface area contributed by atoms with E-state index in [4.69, 9.17) is 4.74 Å². The van der Waals surface area contributed by atoms with E-state index in [1.54, 1.807) is 0 Å². The first-order valence-electron chi connectivity index (χ1n) is 6.66. The first kappa shape index (κ1) is 16.4. The van der Waals surface area contributed by atoms with Crippen LogP contribution in [0.15, 0.2) is 0 Å². The van der Waals surface area contributed by atoms with Gasteiger partial charge in [0.1, 0.15) is 0 Å². The Morgan fingerprint density at radius 1 is 1.18 bits per heavy atom. The number of nitrogens with one attached hydrogen (secondary N) is 2. The molecule has 0 bridgehead atoms. The predicted octanol–water partition coefficient (Wildman–Crippen LogP) is 1.55. The van der Waals surface area contributed by atoms with E-state index in [2.05, 4.69) is 24.5 Å². The van der Waals surface area contributed by atoms with Crippen LogP contribution in [-0.2, 0) is 9.53 Å². The molecule has 0 aliphatic rings. The molecule has 0 saturated heterocycles. The second kappa shape index (κ2) is 10.5. The third-order valence-electron chi connectivity index (χ3n) is 2.62. The van der Waals surface area contributed by atoms with Gasteiger partial charge in [-0.25, -0.2) is 0 Å². The second-order valence-electron chi connectivity index (χ2n) is 4.68. The third-order valence-corrected chi connectivity index (χ3v) is 2.62. The van der Waals surface area contributed by atoms with E-state index in [9.17, 15) is 4.79 Å². The summed E-state index contributed by atoms with van der Waals surface area (Å²) in [7, 11) is 0. The quantitative estimate of drug-likeness (QED) is 0.573. The molecule has 0 radical (unpaired) electrons. The molecule has 0 spiro atoms. The van der Waals surface area contributed by atoms with Gasteiger partial charge in [0, 0.05) is 25.1 Å². The molecule has 0 aliphatic carbocycles. The van der Waals surface area contributed by atoms with Gasteiger partial charge in [0.2, 0.25) is 5.91 Å². The maximum absolute atomic E-state index is 11.4. The van der Waals surface area contributed by atoms with Crippen LogP contribution in [0.25, 0.3) is 0 Å². The summed E-state index contributed by atoms with van der Waals surface area (Å²) < 4.78 is 5.42. The van der Waals surface area contributed by atoms with Crippen molar-refractivity contribution in [2.24, 2.45) is 5.92 Å². The largest absolute Gasteiger partial charge is 0.380 e. The Morgan fingerprint density at radius 2 is 1.88 bits per heavy atom. The molecule has 0 fully saturated rings. The molecule has 0 aromatic rings. The molecule has 2 N–H and O–H groups in total. The van der Waals surface area contributed by atoms with Gasteiger partial charge in [-0.15, -0.1) is 0 Å². The zero-order chi connectivity index (χ0) is 13.1. The van der Waals surface area contributed by atoms with Gasteiger partial charge in [0.25, 0.3) is 0 Å². The van der Waals surface area contributed by atoms with E-state index in [0.29, 0.717) is 19.2 Å². The first-order valence-corrected chi connectivity index (χ1v) is 6.66. The summed E-state index contributed by atoms with van der Waals surface area (Å²) in [5.74, 6) is 0.225. The summed E-state index contributed by atoms with van der Waals surface area (Å²) in [6.07, 6.45) is 1.89. The van der Waals surface area contributed by atoms with Gasteiger partial charge in [-0.05, 0) is 19.4 Å². The van der Waals surface area contributed by atoms with E-state index in [1.807, 2.05) is 13.8 Å². The molecule has 17 heavy (non-hydrogen) atoms. The molecule has 0 rings (SSSR count). The zero-order valence-corrected chi connectivity index (χ0v) is 11.7. The third kappa shape index (κ3) is 10.3. The summed E-state index contributed by atoms with van der Waals surface area (Å²) in [6, 6.07) is 0.532. The summed E-state index contributed by atoms with van der Waals surface area (Å²) >= 11 is 0. The highest BCUT2D eigenvalue weighted by Crippen LogP contribution is 1.98. The van der Waals surface area contributed by atoms with E-state index in [-0.39, 0.29) is 11.8 Å². The Labute approximate surface area is 105 Å². The van der Waals surface area contributed by atoms with Gasteiger partial charge in [-0.2, -0.15) is 0 Å². The fraction of sp³-hybridized carbons (Fsp3) is 0.923. The highest BCUT2D eigenvalue weighted by atomic mass is 16.5. The van der Waals surface area contributed by atoms with Crippen LogP contribution in [0.4, 0.5) is 0 Å². The number of hydrogen-bond donors (Lipinski definition) is 2. The Bertz CT molecular complexity index is 196. The van der Waals surface area contributed by atoms with E-state index in [1.165, 1.54) is 0 Å². The zero-order valence-electron chi connectivity index (χ0n) is 11.7. The molecular formula is C13H28N2O2. The lowest BCUT2D eigenvalue weighted by Crippen LogP contribution is -2.32.